The van der Waals surface area contributed by atoms with Gasteiger partial charge in [-0.05, 0) is 24.6 Å². The number of pyridine rings is 1. The highest BCUT2D eigenvalue weighted by atomic mass is 16.6. The van der Waals surface area contributed by atoms with Gasteiger partial charge >= 0.3 is 0 Å². The third-order valence-electron chi connectivity index (χ3n) is 2.92. The van der Waals surface area contributed by atoms with Crippen LogP contribution in [0, 0.1) is 28.4 Å². The predicted molar refractivity (Wildman–Crippen MR) is 78.7 cm³/mol. The number of aromatic nitrogens is 1. The molecule has 0 bridgehead atoms. The highest BCUT2D eigenvalue weighted by Gasteiger charge is 2.13. The van der Waals surface area contributed by atoms with Gasteiger partial charge in [0.2, 0.25) is 0 Å². The second-order valence-electron chi connectivity index (χ2n) is 4.46. The van der Waals surface area contributed by atoms with Gasteiger partial charge in [0.15, 0.2) is 0 Å². The molecule has 6 nitrogen and oxygen atoms in total. The molecule has 0 fully saturated rings. The molecule has 0 spiro atoms. The van der Waals surface area contributed by atoms with Gasteiger partial charge in [-0.15, -0.1) is 0 Å². The normalized spacial score (nSPS) is 11.4. The van der Waals surface area contributed by atoms with Crippen LogP contribution in [0.25, 0.3) is 11.3 Å². The van der Waals surface area contributed by atoms with E-state index in [2.05, 4.69) is 4.98 Å². The van der Waals surface area contributed by atoms with Crippen molar-refractivity contribution in [3.8, 4) is 6.07 Å². The predicted octanol–water partition coefficient (Wildman–Crippen LogP) is 2.65. The zero-order valence-electron chi connectivity index (χ0n) is 11.3. The van der Waals surface area contributed by atoms with E-state index in [0.29, 0.717) is 16.7 Å². The molecular weight excluding hydrogens is 268 g/mol. The molecule has 0 aliphatic rings. The van der Waals surface area contributed by atoms with Crippen LogP contribution in [0.3, 0.4) is 0 Å². The number of non-ortho nitro benzene ring substituents is 1. The molecule has 1 aromatic carbocycles. The van der Waals surface area contributed by atoms with Crippen molar-refractivity contribution in [2.75, 3.05) is 0 Å². The molecule has 2 rings (SSSR count). The number of nitro groups is 1. The van der Waals surface area contributed by atoms with Crippen molar-refractivity contribution in [2.45, 2.75) is 6.92 Å². The van der Waals surface area contributed by atoms with E-state index in [9.17, 15) is 15.4 Å². The quantitative estimate of drug-likeness (QED) is 0.528. The average Bonchev–Trinajstić information content (AvgIpc) is 2.48. The molecule has 0 unspecified atom stereocenters. The summed E-state index contributed by atoms with van der Waals surface area (Å²) in [6, 6.07) is 9.95. The molecule has 2 aromatic rings. The number of allylic oxidation sites excluding steroid dienone is 1. The lowest BCUT2D eigenvalue weighted by atomic mass is 10.0. The Morgan fingerprint density at radius 1 is 1.38 bits per heavy atom. The van der Waals surface area contributed by atoms with Crippen molar-refractivity contribution in [1.82, 2.24) is 4.98 Å². The third-order valence-corrected chi connectivity index (χ3v) is 2.92. The first kappa shape index (κ1) is 14.2. The van der Waals surface area contributed by atoms with Gasteiger partial charge in [-0.3, -0.25) is 15.1 Å². The number of rotatable bonds is 3. The maximum absolute atomic E-state index is 10.9. The van der Waals surface area contributed by atoms with Crippen LogP contribution in [0.1, 0.15) is 16.7 Å². The molecule has 0 aliphatic carbocycles. The smallest absolute Gasteiger partial charge is 0.270 e. The van der Waals surface area contributed by atoms with Crippen molar-refractivity contribution in [1.29, 1.82) is 5.26 Å². The lowest BCUT2D eigenvalue weighted by molar-refractivity contribution is -0.384. The standard InChI is InChI=1S/C15H12N4O2/c1-10-5-12(7-13(6-10)19(20)21)15(17)14(8-16)11-3-2-4-18-9-11/h2-7,9H,17H2,1H3/b15-14+. The second kappa shape index (κ2) is 5.84. The van der Waals surface area contributed by atoms with Crippen LogP contribution >= 0.6 is 0 Å². The van der Waals surface area contributed by atoms with E-state index in [0.717, 1.165) is 0 Å². The van der Waals surface area contributed by atoms with Crippen molar-refractivity contribution in [3.63, 3.8) is 0 Å². The van der Waals surface area contributed by atoms with E-state index in [-0.39, 0.29) is 17.0 Å². The summed E-state index contributed by atoms with van der Waals surface area (Å²) in [5.41, 5.74) is 8.12. The minimum atomic E-state index is -0.486. The fraction of sp³-hybridized carbons (Fsp3) is 0.0667. The van der Waals surface area contributed by atoms with E-state index in [1.54, 1.807) is 31.3 Å². The molecule has 0 radical (unpaired) electrons. The van der Waals surface area contributed by atoms with E-state index < -0.39 is 4.92 Å². The fourth-order valence-electron chi connectivity index (χ4n) is 1.96. The molecule has 104 valence electrons. The van der Waals surface area contributed by atoms with Crippen molar-refractivity contribution >= 4 is 17.0 Å². The first-order valence-corrected chi connectivity index (χ1v) is 6.09. The minimum absolute atomic E-state index is 0.0589. The van der Waals surface area contributed by atoms with Gasteiger partial charge in [-0.2, -0.15) is 5.26 Å². The van der Waals surface area contributed by atoms with Crippen molar-refractivity contribution in [2.24, 2.45) is 5.73 Å². The lowest BCUT2D eigenvalue weighted by Gasteiger charge is -2.07. The number of hydrogen-bond acceptors (Lipinski definition) is 5. The van der Waals surface area contributed by atoms with Crippen LogP contribution in [0.5, 0.6) is 0 Å². The molecule has 0 saturated heterocycles. The van der Waals surface area contributed by atoms with Crippen molar-refractivity contribution in [3.05, 3.63) is 69.5 Å². The van der Waals surface area contributed by atoms with Gasteiger partial charge in [-0.25, -0.2) is 0 Å². The number of nitriles is 1. The highest BCUT2D eigenvalue weighted by molar-refractivity contribution is 5.96. The Kier molecular flexibility index (Phi) is 3.95. The summed E-state index contributed by atoms with van der Waals surface area (Å²) in [4.78, 5) is 14.4. The number of nitro benzene ring substituents is 1. The Labute approximate surface area is 121 Å². The topological polar surface area (TPSA) is 106 Å². The Bertz CT molecular complexity index is 761. The number of benzene rings is 1. The number of aryl methyl sites for hydroxylation is 1. The molecule has 0 atom stereocenters. The Morgan fingerprint density at radius 3 is 2.71 bits per heavy atom. The molecule has 0 aliphatic heterocycles. The Morgan fingerprint density at radius 2 is 2.14 bits per heavy atom. The first-order valence-electron chi connectivity index (χ1n) is 6.09. The molecule has 6 heteroatoms. The number of hydrogen-bond donors (Lipinski definition) is 1. The average molecular weight is 280 g/mol. The number of nitrogens with zero attached hydrogens (tertiary/aromatic N) is 3. The molecule has 21 heavy (non-hydrogen) atoms. The van der Waals surface area contributed by atoms with E-state index in [1.165, 1.54) is 18.3 Å². The summed E-state index contributed by atoms with van der Waals surface area (Å²) in [5.74, 6) is 0. The van der Waals surface area contributed by atoms with Crippen LogP contribution < -0.4 is 5.73 Å². The summed E-state index contributed by atoms with van der Waals surface area (Å²) in [5, 5.41) is 20.2. The number of nitrogens with two attached hydrogens (primary N) is 1. The summed E-state index contributed by atoms with van der Waals surface area (Å²) in [7, 11) is 0. The molecule has 0 saturated carbocycles. The van der Waals surface area contributed by atoms with Gasteiger partial charge in [0.1, 0.15) is 6.07 Å². The van der Waals surface area contributed by atoms with E-state index in [1.807, 2.05) is 6.07 Å². The molecule has 1 heterocycles. The monoisotopic (exact) mass is 280 g/mol. The second-order valence-corrected chi connectivity index (χ2v) is 4.46. The van der Waals surface area contributed by atoms with Gasteiger partial charge < -0.3 is 5.73 Å². The summed E-state index contributed by atoms with van der Waals surface area (Å²) < 4.78 is 0. The van der Waals surface area contributed by atoms with Gasteiger partial charge in [-0.1, -0.05) is 6.07 Å². The summed E-state index contributed by atoms with van der Waals surface area (Å²) in [6.07, 6.45) is 3.11. The largest absolute Gasteiger partial charge is 0.397 e. The zero-order valence-corrected chi connectivity index (χ0v) is 11.3. The first-order chi connectivity index (χ1) is 10.0. The van der Waals surface area contributed by atoms with Gasteiger partial charge in [0.05, 0.1) is 16.2 Å². The molecule has 1 aromatic heterocycles. The molecular formula is C15H12N4O2. The SMILES string of the molecule is Cc1cc(/C(N)=C(/C#N)c2cccnc2)cc([N+](=O)[O-])c1. The third kappa shape index (κ3) is 3.04. The Hall–Kier alpha value is -3.20. The van der Waals surface area contributed by atoms with Crippen LogP contribution in [0.2, 0.25) is 0 Å². The molecule has 2 N–H and O–H groups in total. The maximum Gasteiger partial charge on any atom is 0.270 e. The lowest BCUT2D eigenvalue weighted by Crippen LogP contribution is -2.02. The zero-order chi connectivity index (χ0) is 15.4. The van der Waals surface area contributed by atoms with Crippen LogP contribution in [0.4, 0.5) is 5.69 Å². The Balaban J connectivity index is 2.61. The summed E-state index contributed by atoms with van der Waals surface area (Å²) in [6.45, 7) is 1.74. The van der Waals surface area contributed by atoms with Gasteiger partial charge in [0.25, 0.3) is 5.69 Å². The summed E-state index contributed by atoms with van der Waals surface area (Å²) >= 11 is 0. The van der Waals surface area contributed by atoms with Gasteiger partial charge in [0, 0.05) is 35.7 Å². The molecule has 0 amide bonds. The van der Waals surface area contributed by atoms with Crippen LogP contribution in [-0.2, 0) is 0 Å². The fourth-order valence-corrected chi connectivity index (χ4v) is 1.96. The van der Waals surface area contributed by atoms with Crippen LogP contribution in [0.15, 0.2) is 42.7 Å². The van der Waals surface area contributed by atoms with Crippen molar-refractivity contribution < 1.29 is 4.92 Å². The van der Waals surface area contributed by atoms with Crippen LogP contribution in [-0.4, -0.2) is 9.91 Å². The maximum atomic E-state index is 10.9. The van der Waals surface area contributed by atoms with E-state index in [4.69, 9.17) is 5.73 Å². The van der Waals surface area contributed by atoms with E-state index >= 15 is 0 Å². The minimum Gasteiger partial charge on any atom is -0.397 e. The highest BCUT2D eigenvalue weighted by Crippen LogP contribution is 2.25.